The van der Waals surface area contributed by atoms with Crippen molar-refractivity contribution in [2.45, 2.75) is 179 Å². The molecule has 356 valence electrons. The topological polar surface area (TPSA) is 217 Å². The van der Waals surface area contributed by atoms with Crippen molar-refractivity contribution in [3.8, 4) is 0 Å². The lowest BCUT2D eigenvalue weighted by molar-refractivity contribution is -0.305. The number of carbonyl (C=O) groups is 1. The molecule has 1 aromatic rings. The number of hydrogen-bond donors (Lipinski definition) is 5. The highest BCUT2D eigenvalue weighted by Gasteiger charge is 2.47. The number of methoxy groups -OCH3 is 2. The first-order valence-corrected chi connectivity index (χ1v) is 22.9. The number of carbonyl (C=O) groups excluding carboxylic acids is 1. The van der Waals surface area contributed by atoms with Crippen LogP contribution in [-0.2, 0) is 49.5 Å². The zero-order valence-electron chi connectivity index (χ0n) is 38.8. The van der Waals surface area contributed by atoms with Gasteiger partial charge in [0.05, 0.1) is 43.3 Å². The van der Waals surface area contributed by atoms with Gasteiger partial charge in [-0.3, -0.25) is 13.7 Å². The highest BCUT2D eigenvalue weighted by Crippen LogP contribution is 2.40. The van der Waals surface area contributed by atoms with E-state index in [0.717, 1.165) is 5.57 Å². The molecule has 2 fully saturated rings. The molecule has 18 heteroatoms. The molecule has 4 heterocycles. The minimum atomic E-state index is -1.17. The van der Waals surface area contributed by atoms with Crippen molar-refractivity contribution in [2.75, 3.05) is 34.9 Å². The molecule has 17 nitrogen and oxygen atoms in total. The lowest BCUT2D eigenvalue weighted by atomic mass is 9.82. The molecule has 0 aromatic carbocycles. The molecular weight excluding hydrogens is 825 g/mol. The van der Waals surface area contributed by atoms with Crippen molar-refractivity contribution in [1.29, 1.82) is 0 Å². The van der Waals surface area contributed by atoms with Crippen molar-refractivity contribution in [2.24, 2.45) is 23.7 Å². The van der Waals surface area contributed by atoms with Gasteiger partial charge in [0.2, 0.25) is 0 Å². The van der Waals surface area contributed by atoms with Gasteiger partial charge in [-0.1, -0.05) is 43.7 Å². The van der Waals surface area contributed by atoms with E-state index in [9.17, 15) is 30.3 Å². The van der Waals surface area contributed by atoms with Crippen LogP contribution >= 0.6 is 12.0 Å². The van der Waals surface area contributed by atoms with Crippen LogP contribution in [0.4, 0.5) is 0 Å². The predicted molar refractivity (Wildman–Crippen MR) is 232 cm³/mol. The fourth-order valence-corrected chi connectivity index (χ4v) is 9.78. The van der Waals surface area contributed by atoms with Crippen molar-refractivity contribution < 1.29 is 62.9 Å². The van der Waals surface area contributed by atoms with Crippen LogP contribution in [0.15, 0.2) is 30.0 Å². The molecule has 3 aliphatic rings. The number of aromatic nitrogens is 3. The second-order valence-corrected chi connectivity index (χ2v) is 19.2. The molecule has 0 bridgehead atoms. The van der Waals surface area contributed by atoms with Crippen LogP contribution < -0.4 is 0 Å². The van der Waals surface area contributed by atoms with Gasteiger partial charge < -0.3 is 58.9 Å². The van der Waals surface area contributed by atoms with E-state index in [-0.39, 0.29) is 35.4 Å². The van der Waals surface area contributed by atoms with Crippen molar-refractivity contribution in [3.05, 3.63) is 35.7 Å². The number of aryl methyl sites for hydroxylation is 1. The smallest absolute Gasteiger partial charge is 0.198 e. The maximum absolute atomic E-state index is 13.9. The minimum Gasteiger partial charge on any atom is -0.389 e. The van der Waals surface area contributed by atoms with E-state index in [2.05, 4.69) is 17.2 Å². The number of hydrogen-bond acceptors (Lipinski definition) is 17. The number of allylic oxidation sites excluding steroid dienone is 3. The van der Waals surface area contributed by atoms with Gasteiger partial charge in [-0.05, 0) is 111 Å². The number of likely N-dealkylation sites (N-methyl/N-ethyl adjacent to an activating group) is 1. The first-order valence-electron chi connectivity index (χ1n) is 22.1. The van der Waals surface area contributed by atoms with Gasteiger partial charge in [0, 0.05) is 37.9 Å². The number of aliphatic hydroxyl groups is 5. The Bertz CT molecular complexity index is 1580. The molecule has 0 radical (unpaired) electrons. The van der Waals surface area contributed by atoms with E-state index in [4.69, 9.17) is 32.6 Å². The van der Waals surface area contributed by atoms with E-state index in [1.807, 2.05) is 26.8 Å². The average molecular weight is 901 g/mol. The number of rotatable bonds is 14. The molecule has 5 N–H and O–H groups in total. The van der Waals surface area contributed by atoms with Crippen LogP contribution in [0.3, 0.4) is 0 Å². The van der Waals surface area contributed by atoms with E-state index >= 15 is 0 Å². The number of ether oxygens (including phenoxy) is 6. The van der Waals surface area contributed by atoms with Crippen LogP contribution in [0.5, 0.6) is 0 Å². The zero-order chi connectivity index (χ0) is 46.1. The molecule has 2 saturated heterocycles. The lowest BCUT2D eigenvalue weighted by Gasteiger charge is -2.44. The first-order chi connectivity index (χ1) is 29.2. The van der Waals surface area contributed by atoms with Gasteiger partial charge >= 0.3 is 0 Å². The summed E-state index contributed by atoms with van der Waals surface area (Å²) < 4.78 is 44.1. The summed E-state index contributed by atoms with van der Waals surface area (Å²) in [5.41, 5.74) is 0.0720. The maximum Gasteiger partial charge on any atom is 0.198 e. The Morgan fingerprint density at radius 1 is 0.935 bits per heavy atom. The lowest BCUT2D eigenvalue weighted by Crippen LogP contribution is -2.62. The summed E-state index contributed by atoms with van der Waals surface area (Å²) in [6.07, 6.45) is 0.434. The van der Waals surface area contributed by atoms with E-state index in [0.29, 0.717) is 44.3 Å². The average Bonchev–Trinajstić information content (AvgIpc) is 3.71. The van der Waals surface area contributed by atoms with Gasteiger partial charge in [0.1, 0.15) is 35.7 Å². The van der Waals surface area contributed by atoms with Crippen LogP contribution in [0.2, 0.25) is 0 Å². The number of ketones is 1. The second kappa shape index (κ2) is 24.1. The van der Waals surface area contributed by atoms with Crippen molar-refractivity contribution in [1.82, 2.24) is 19.9 Å². The summed E-state index contributed by atoms with van der Waals surface area (Å²) in [6.45, 7) is 15.2. The Morgan fingerprint density at radius 2 is 1.60 bits per heavy atom. The second-order valence-electron chi connectivity index (χ2n) is 18.2. The van der Waals surface area contributed by atoms with E-state index < -0.39 is 85.3 Å². The standard InChI is InChI=1S/C44H76N4O13S/c1-13-32-30(23-57-43-40(56-12)39(55-11)37(52)28(6)59-43)20-24(2)14-16-31(49)26(4)21-29(18-19-48-22-33(45-46-48)44(7,8)54)41(25(3)15-17-34(50)60-32)62-61-42-38(53)35(47(9)10)36(51)27(5)58-42/h14,16,20,22,25-30,32,34-43,50-54H,13,15,17-19,21,23H2,1-12H3/b16-14+,24-20+/t25-,26+,27+,28?,29-,30+,32+,34?,35?,36+,37+,38?,39-,40?,41?,42-,43+/m0/s1. The molecule has 0 amide bonds. The van der Waals surface area contributed by atoms with E-state index in [1.165, 1.54) is 26.3 Å². The van der Waals surface area contributed by atoms with Crippen molar-refractivity contribution in [3.63, 3.8) is 0 Å². The first kappa shape index (κ1) is 52.7. The Kier molecular flexibility index (Phi) is 20.5. The molecular formula is C44H76N4O13S. The summed E-state index contributed by atoms with van der Waals surface area (Å²) in [5, 5.41) is 63.1. The Labute approximate surface area is 372 Å². The quantitative estimate of drug-likeness (QED) is 0.169. The van der Waals surface area contributed by atoms with Crippen LogP contribution in [0.1, 0.15) is 93.2 Å². The molecule has 0 saturated carbocycles. The Hall–Kier alpha value is -1.88. The predicted octanol–water partition coefficient (Wildman–Crippen LogP) is 3.35. The number of nitrogens with zero attached hydrogens (tertiary/aromatic N) is 4. The largest absolute Gasteiger partial charge is 0.389 e. The zero-order valence-corrected chi connectivity index (χ0v) is 39.6. The summed E-state index contributed by atoms with van der Waals surface area (Å²) in [6, 6.07) is -0.628. The van der Waals surface area contributed by atoms with Gasteiger partial charge in [0.25, 0.3) is 0 Å². The molecule has 17 atom stereocenters. The molecule has 1 aromatic heterocycles. The van der Waals surface area contributed by atoms with Gasteiger partial charge in [-0.25, -0.2) is 0 Å². The molecule has 0 spiro atoms. The van der Waals surface area contributed by atoms with Gasteiger partial charge in [-0.15, -0.1) is 5.10 Å². The van der Waals surface area contributed by atoms with Gasteiger partial charge in [-0.2, -0.15) is 0 Å². The Morgan fingerprint density at radius 3 is 2.21 bits per heavy atom. The normalized spacial score (nSPS) is 40.0. The summed E-state index contributed by atoms with van der Waals surface area (Å²) in [7, 11) is 6.59. The van der Waals surface area contributed by atoms with Crippen LogP contribution in [0, 0.1) is 23.7 Å². The molecule has 0 aliphatic carbocycles. The molecule has 6 unspecified atom stereocenters. The molecule has 62 heavy (non-hydrogen) atoms. The fourth-order valence-electron chi connectivity index (χ4n) is 8.65. The SMILES string of the molecule is CC[C@H]1OC(O)CC[C@H](C)C(SO[C@@H]2O[C@H](C)[C@@H](O)C(N(C)C)C2O)[C@@H](CCn2cc(C(C)(C)O)nn2)C[C@@H](C)C(=O)/C=C/C(C)=C/[C@@H]1CO[C@@H]1OC(C)[C@@H](O)[C@H](OC)C1OC. The van der Waals surface area contributed by atoms with Crippen LogP contribution in [0.25, 0.3) is 0 Å². The van der Waals surface area contributed by atoms with Crippen molar-refractivity contribution >= 4 is 17.8 Å². The minimum absolute atomic E-state index is 0.0527. The summed E-state index contributed by atoms with van der Waals surface area (Å²) >= 11 is 1.19. The third kappa shape index (κ3) is 14.1. The highest BCUT2D eigenvalue weighted by atomic mass is 32.2. The maximum atomic E-state index is 13.9. The highest BCUT2D eigenvalue weighted by molar-refractivity contribution is 7.95. The third-order valence-electron chi connectivity index (χ3n) is 12.6. The van der Waals surface area contributed by atoms with E-state index in [1.54, 1.807) is 69.7 Å². The fraction of sp³-hybridized carbons (Fsp3) is 0.841. The van der Waals surface area contributed by atoms with Gasteiger partial charge in [0.15, 0.2) is 24.7 Å². The molecule has 3 aliphatic heterocycles. The summed E-state index contributed by atoms with van der Waals surface area (Å²) in [5.74, 6) is -1.06. The third-order valence-corrected chi connectivity index (χ3v) is 13.9. The number of aliphatic hydroxyl groups excluding tert-OH is 4. The molecule has 4 rings (SSSR count). The summed E-state index contributed by atoms with van der Waals surface area (Å²) in [4.78, 5) is 15.7. The van der Waals surface area contributed by atoms with Crippen LogP contribution in [-0.4, -0.2) is 165 Å². The Balaban J connectivity index is 1.64. The monoisotopic (exact) mass is 901 g/mol.